The zero-order valence-corrected chi connectivity index (χ0v) is 15.3. The third-order valence-corrected chi connectivity index (χ3v) is 4.93. The van der Waals surface area contributed by atoms with Crippen LogP contribution in [0.15, 0.2) is 54.6 Å². The van der Waals surface area contributed by atoms with E-state index < -0.39 is 29.4 Å². The van der Waals surface area contributed by atoms with Crippen LogP contribution in [-0.4, -0.2) is 6.61 Å². The number of hydrogen-bond acceptors (Lipinski definition) is 2. The molecule has 4 rings (SSSR count). The van der Waals surface area contributed by atoms with E-state index in [-0.39, 0.29) is 12.2 Å². The van der Waals surface area contributed by atoms with Gasteiger partial charge in [0.15, 0.2) is 0 Å². The Labute approximate surface area is 163 Å². The van der Waals surface area contributed by atoms with E-state index in [1.165, 1.54) is 24.3 Å². The molecule has 0 amide bonds. The van der Waals surface area contributed by atoms with Crippen LogP contribution in [0.25, 0.3) is 11.1 Å². The number of hydrogen-bond donors (Lipinski definition) is 1. The van der Waals surface area contributed by atoms with Crippen LogP contribution >= 0.6 is 0 Å². The van der Waals surface area contributed by atoms with Crippen molar-refractivity contribution in [2.45, 2.75) is 19.1 Å². The monoisotopic (exact) mass is 405 g/mol. The molecule has 0 spiro atoms. The number of nitrogens with one attached hydrogen (secondary N) is 1. The number of halogens is 5. The van der Waals surface area contributed by atoms with Crippen LogP contribution < -0.4 is 10.1 Å². The highest BCUT2D eigenvalue weighted by Crippen LogP contribution is 2.39. The first-order valence-electron chi connectivity index (χ1n) is 8.89. The Morgan fingerprint density at radius 2 is 1.69 bits per heavy atom. The van der Waals surface area contributed by atoms with Gasteiger partial charge in [0.25, 0.3) is 0 Å². The van der Waals surface area contributed by atoms with Crippen molar-refractivity contribution in [3.8, 4) is 16.9 Å². The number of aryl methyl sites for hydroxylation is 1. The lowest BCUT2D eigenvalue weighted by molar-refractivity contribution is -0.137. The average molecular weight is 405 g/mol. The quantitative estimate of drug-likeness (QED) is 0.491. The molecule has 2 nitrogen and oxygen atoms in total. The normalized spacial score (nSPS) is 16.0. The van der Waals surface area contributed by atoms with E-state index in [2.05, 4.69) is 5.32 Å². The maximum absolute atomic E-state index is 14.0. The lowest BCUT2D eigenvalue weighted by Gasteiger charge is -2.28. The Bertz CT molecular complexity index is 1060. The summed E-state index contributed by atoms with van der Waals surface area (Å²) in [6.45, 7) is 1.63. The van der Waals surface area contributed by atoms with Crippen molar-refractivity contribution in [3.63, 3.8) is 0 Å². The second-order valence-electron chi connectivity index (χ2n) is 6.88. The first kappa shape index (κ1) is 19.2. The van der Waals surface area contributed by atoms with Crippen LogP contribution in [0.4, 0.5) is 27.6 Å². The molecule has 0 aromatic heterocycles. The molecule has 29 heavy (non-hydrogen) atoms. The van der Waals surface area contributed by atoms with Gasteiger partial charge in [-0.15, -0.1) is 0 Å². The van der Waals surface area contributed by atoms with Crippen molar-refractivity contribution in [2.75, 3.05) is 11.9 Å². The van der Waals surface area contributed by atoms with E-state index in [9.17, 15) is 22.0 Å². The molecule has 0 radical (unpaired) electrons. The molecular weight excluding hydrogens is 389 g/mol. The van der Waals surface area contributed by atoms with Crippen LogP contribution in [-0.2, 0) is 6.18 Å². The second-order valence-corrected chi connectivity index (χ2v) is 6.88. The molecule has 3 aromatic rings. The standard InChI is InChI=1S/C22H16F5NO/c1-12-9-14(22(25,26)27)6-7-15(12)13-5-8-18-20(10-13)29-11-19(28-18)21-16(23)3-2-4-17(21)24/h2-10,19,28H,11H2,1H3/t19-/m1/s1. The largest absolute Gasteiger partial charge is 0.489 e. The second kappa shape index (κ2) is 7.06. The van der Waals surface area contributed by atoms with Gasteiger partial charge in [-0.05, 0) is 60.0 Å². The molecule has 0 saturated heterocycles. The molecule has 150 valence electrons. The van der Waals surface area contributed by atoms with Gasteiger partial charge in [-0.2, -0.15) is 13.2 Å². The van der Waals surface area contributed by atoms with Crippen LogP contribution in [0.1, 0.15) is 22.7 Å². The fraction of sp³-hybridized carbons (Fsp3) is 0.182. The highest BCUT2D eigenvalue weighted by molar-refractivity contribution is 5.74. The molecule has 0 fully saturated rings. The predicted molar refractivity (Wildman–Crippen MR) is 99.8 cm³/mol. The summed E-state index contributed by atoms with van der Waals surface area (Å²) < 4.78 is 72.4. The summed E-state index contributed by atoms with van der Waals surface area (Å²) >= 11 is 0. The van der Waals surface area contributed by atoms with Crippen LogP contribution in [0.2, 0.25) is 0 Å². The third kappa shape index (κ3) is 3.64. The molecule has 1 atom stereocenters. The van der Waals surface area contributed by atoms with Crippen molar-refractivity contribution >= 4 is 5.69 Å². The first-order valence-corrected chi connectivity index (χ1v) is 8.89. The predicted octanol–water partition coefficient (Wildman–Crippen LogP) is 6.50. The maximum Gasteiger partial charge on any atom is 0.416 e. The van der Waals surface area contributed by atoms with Gasteiger partial charge >= 0.3 is 6.18 Å². The summed E-state index contributed by atoms with van der Waals surface area (Å²) in [5, 5.41) is 3.06. The van der Waals surface area contributed by atoms with Crippen molar-refractivity contribution in [1.82, 2.24) is 0 Å². The van der Waals surface area contributed by atoms with Crippen LogP contribution in [0, 0.1) is 18.6 Å². The highest BCUT2D eigenvalue weighted by Gasteiger charge is 2.31. The number of anilines is 1. The van der Waals surface area contributed by atoms with Crippen molar-refractivity contribution < 1.29 is 26.7 Å². The number of rotatable bonds is 2. The van der Waals surface area contributed by atoms with Gasteiger partial charge in [-0.3, -0.25) is 0 Å². The molecule has 7 heteroatoms. The van der Waals surface area contributed by atoms with E-state index in [4.69, 9.17) is 4.74 Å². The molecule has 1 aliphatic heterocycles. The molecule has 0 saturated carbocycles. The van der Waals surface area contributed by atoms with Gasteiger partial charge in [0.1, 0.15) is 24.0 Å². The molecule has 0 bridgehead atoms. The minimum atomic E-state index is -4.40. The molecule has 0 aliphatic carbocycles. The summed E-state index contributed by atoms with van der Waals surface area (Å²) in [5.74, 6) is -0.854. The fourth-order valence-electron chi connectivity index (χ4n) is 3.49. The Hall–Kier alpha value is -3.09. The number of fused-ring (bicyclic) bond motifs is 1. The summed E-state index contributed by atoms with van der Waals surface area (Å²) in [6, 6.07) is 11.7. The van der Waals surface area contributed by atoms with E-state index in [1.54, 1.807) is 25.1 Å². The lowest BCUT2D eigenvalue weighted by Crippen LogP contribution is -2.25. The summed E-state index contributed by atoms with van der Waals surface area (Å²) in [7, 11) is 0. The molecule has 3 aromatic carbocycles. The maximum atomic E-state index is 14.0. The van der Waals surface area contributed by atoms with Crippen LogP contribution in [0.3, 0.4) is 0 Å². The molecule has 0 unspecified atom stereocenters. The minimum absolute atomic E-state index is 0.0142. The summed E-state index contributed by atoms with van der Waals surface area (Å²) in [5.41, 5.74) is 1.57. The summed E-state index contributed by atoms with van der Waals surface area (Å²) in [4.78, 5) is 0. The van der Waals surface area contributed by atoms with E-state index in [0.29, 0.717) is 28.1 Å². The first-order chi connectivity index (χ1) is 13.7. The van der Waals surface area contributed by atoms with E-state index in [0.717, 1.165) is 12.1 Å². The number of benzene rings is 3. The Balaban J connectivity index is 1.63. The highest BCUT2D eigenvalue weighted by atomic mass is 19.4. The summed E-state index contributed by atoms with van der Waals surface area (Å²) in [6.07, 6.45) is -4.40. The fourth-order valence-corrected chi connectivity index (χ4v) is 3.49. The lowest BCUT2D eigenvalue weighted by atomic mass is 9.97. The van der Waals surface area contributed by atoms with E-state index in [1.807, 2.05) is 0 Å². The zero-order valence-electron chi connectivity index (χ0n) is 15.3. The van der Waals surface area contributed by atoms with Crippen molar-refractivity contribution in [2.24, 2.45) is 0 Å². The van der Waals surface area contributed by atoms with Gasteiger partial charge in [-0.1, -0.05) is 18.2 Å². The van der Waals surface area contributed by atoms with Gasteiger partial charge in [0.2, 0.25) is 0 Å². The smallest absolute Gasteiger partial charge is 0.416 e. The average Bonchev–Trinajstić information content (AvgIpc) is 2.66. The van der Waals surface area contributed by atoms with Gasteiger partial charge < -0.3 is 10.1 Å². The number of ether oxygens (including phenoxy) is 1. The van der Waals surface area contributed by atoms with Gasteiger partial charge in [0.05, 0.1) is 17.3 Å². The minimum Gasteiger partial charge on any atom is -0.489 e. The molecular formula is C22H16F5NO. The zero-order chi connectivity index (χ0) is 20.8. The molecule has 1 N–H and O–H groups in total. The van der Waals surface area contributed by atoms with Crippen LogP contribution in [0.5, 0.6) is 5.75 Å². The number of alkyl halides is 3. The Morgan fingerprint density at radius 3 is 2.34 bits per heavy atom. The van der Waals surface area contributed by atoms with Crippen molar-refractivity contribution in [1.29, 1.82) is 0 Å². The molecule has 1 aliphatic rings. The third-order valence-electron chi connectivity index (χ3n) is 4.93. The Morgan fingerprint density at radius 1 is 0.966 bits per heavy atom. The van der Waals surface area contributed by atoms with Gasteiger partial charge in [0, 0.05) is 5.56 Å². The van der Waals surface area contributed by atoms with Gasteiger partial charge in [-0.25, -0.2) is 8.78 Å². The SMILES string of the molecule is Cc1cc(C(F)(F)F)ccc1-c1ccc2c(c1)OC[C@H](c1c(F)cccc1F)N2. The van der Waals surface area contributed by atoms with Crippen molar-refractivity contribution in [3.05, 3.63) is 82.9 Å². The topological polar surface area (TPSA) is 21.3 Å². The Kier molecular flexibility index (Phi) is 4.68. The molecule has 1 heterocycles. The van der Waals surface area contributed by atoms with E-state index >= 15 is 0 Å².